The van der Waals surface area contributed by atoms with E-state index in [9.17, 15) is 4.79 Å². The summed E-state index contributed by atoms with van der Waals surface area (Å²) >= 11 is 14.1. The number of anilines is 2. The first-order valence-electron chi connectivity index (χ1n) is 7.33. The molecule has 0 fully saturated rings. The van der Waals surface area contributed by atoms with Crippen molar-refractivity contribution >= 4 is 61.5 Å². The van der Waals surface area contributed by atoms with Gasteiger partial charge in [-0.05, 0) is 36.8 Å². The quantitative estimate of drug-likeness (QED) is 0.597. The number of hydrogen-bond acceptors (Lipinski definition) is 5. The van der Waals surface area contributed by atoms with Crippen molar-refractivity contribution in [3.8, 4) is 0 Å². The summed E-state index contributed by atoms with van der Waals surface area (Å²) in [6.45, 7) is 2.10. The molecule has 1 heterocycles. The minimum atomic E-state index is -0.331. The van der Waals surface area contributed by atoms with Crippen LogP contribution in [0.3, 0.4) is 0 Å². The van der Waals surface area contributed by atoms with Crippen LogP contribution >= 0.6 is 34.5 Å². The number of ether oxygens (including phenoxy) is 1. The molecule has 2 aromatic carbocycles. The number of carbonyl (C=O) groups excluding carboxylic acids is 1. The van der Waals surface area contributed by atoms with Crippen molar-refractivity contribution < 1.29 is 9.53 Å². The molecular weight excluding hydrogens is 367 g/mol. The number of para-hydroxylation sites is 1. The van der Waals surface area contributed by atoms with E-state index in [1.807, 2.05) is 24.3 Å². The molecule has 0 spiro atoms. The second-order valence-corrected chi connectivity index (χ2v) is 6.86. The molecule has 0 bridgehead atoms. The fourth-order valence-corrected chi connectivity index (χ4v) is 3.57. The van der Waals surface area contributed by atoms with Gasteiger partial charge in [0.1, 0.15) is 0 Å². The van der Waals surface area contributed by atoms with E-state index in [-0.39, 0.29) is 12.4 Å². The van der Waals surface area contributed by atoms with Gasteiger partial charge in [0.2, 0.25) is 0 Å². The molecule has 24 heavy (non-hydrogen) atoms. The number of aromatic nitrogens is 1. The number of nitrogens with zero attached hydrogens (tertiary/aromatic N) is 1. The van der Waals surface area contributed by atoms with Crippen LogP contribution in [0.4, 0.5) is 10.8 Å². The molecule has 1 N–H and O–H groups in total. The Labute approximate surface area is 153 Å². The Morgan fingerprint density at radius 2 is 2.04 bits per heavy atom. The fourth-order valence-electron chi connectivity index (χ4n) is 2.23. The van der Waals surface area contributed by atoms with Gasteiger partial charge >= 0.3 is 5.97 Å². The van der Waals surface area contributed by atoms with E-state index < -0.39 is 0 Å². The lowest BCUT2D eigenvalue weighted by molar-refractivity contribution is -0.142. The van der Waals surface area contributed by atoms with Crippen molar-refractivity contribution in [2.75, 3.05) is 11.9 Å². The molecule has 0 atom stereocenters. The van der Waals surface area contributed by atoms with E-state index in [1.54, 1.807) is 19.1 Å². The van der Waals surface area contributed by atoms with Gasteiger partial charge in [-0.3, -0.25) is 4.79 Å². The molecular formula is C17H14Cl2N2O2S. The molecule has 124 valence electrons. The molecule has 0 unspecified atom stereocenters. The summed E-state index contributed by atoms with van der Waals surface area (Å²) in [7, 11) is 0. The van der Waals surface area contributed by atoms with Crippen molar-refractivity contribution in [3.05, 3.63) is 52.0 Å². The van der Waals surface area contributed by atoms with E-state index in [0.717, 1.165) is 15.3 Å². The summed E-state index contributed by atoms with van der Waals surface area (Å²) < 4.78 is 6.02. The van der Waals surface area contributed by atoms with Gasteiger partial charge in [0.05, 0.1) is 34.0 Å². The van der Waals surface area contributed by atoms with Crippen molar-refractivity contribution in [1.29, 1.82) is 0 Å². The molecule has 0 aliphatic rings. The zero-order chi connectivity index (χ0) is 17.1. The Kier molecular flexibility index (Phi) is 5.23. The topological polar surface area (TPSA) is 51.2 Å². The fraction of sp³-hybridized carbons (Fsp3) is 0.176. The van der Waals surface area contributed by atoms with Gasteiger partial charge < -0.3 is 10.1 Å². The number of esters is 1. The Hall–Kier alpha value is -1.82. The maximum Gasteiger partial charge on any atom is 0.310 e. The molecule has 0 radical (unpaired) electrons. The summed E-state index contributed by atoms with van der Waals surface area (Å²) in [4.78, 5) is 16.1. The summed E-state index contributed by atoms with van der Waals surface area (Å²) in [5.74, 6) is -0.331. The summed E-state index contributed by atoms with van der Waals surface area (Å²) in [6.07, 6.45) is 0.0911. The number of nitrogens with one attached hydrogen (secondary N) is 1. The minimum Gasteiger partial charge on any atom is -0.466 e. The Morgan fingerprint density at radius 3 is 2.79 bits per heavy atom. The van der Waals surface area contributed by atoms with Gasteiger partial charge in [0, 0.05) is 5.02 Å². The molecule has 0 aliphatic carbocycles. The largest absolute Gasteiger partial charge is 0.466 e. The number of hydrogen-bond donors (Lipinski definition) is 1. The van der Waals surface area contributed by atoms with Crippen LogP contribution < -0.4 is 5.32 Å². The highest BCUT2D eigenvalue weighted by Crippen LogP contribution is 2.34. The monoisotopic (exact) mass is 380 g/mol. The van der Waals surface area contributed by atoms with E-state index in [0.29, 0.717) is 27.9 Å². The SMILES string of the molecule is CCOC(=O)Cc1cc(Cl)c(Nc2nc3ccccc3s2)cc1Cl. The molecule has 0 saturated heterocycles. The van der Waals surface area contributed by atoms with Gasteiger partial charge in [0.25, 0.3) is 0 Å². The molecule has 0 saturated carbocycles. The van der Waals surface area contributed by atoms with E-state index in [1.165, 1.54) is 11.3 Å². The molecule has 7 heteroatoms. The lowest BCUT2D eigenvalue weighted by Gasteiger charge is -2.10. The summed E-state index contributed by atoms with van der Waals surface area (Å²) in [5.41, 5.74) is 2.20. The average Bonchev–Trinajstić information content (AvgIpc) is 2.94. The second-order valence-electron chi connectivity index (χ2n) is 5.02. The van der Waals surface area contributed by atoms with Crippen LogP contribution in [0.2, 0.25) is 10.0 Å². The highest BCUT2D eigenvalue weighted by Gasteiger charge is 2.13. The normalized spacial score (nSPS) is 10.8. The molecule has 0 aliphatic heterocycles. The number of halogens is 2. The highest BCUT2D eigenvalue weighted by molar-refractivity contribution is 7.22. The van der Waals surface area contributed by atoms with Crippen molar-refractivity contribution in [3.63, 3.8) is 0 Å². The summed E-state index contributed by atoms with van der Waals surface area (Å²) in [6, 6.07) is 11.3. The maximum atomic E-state index is 11.6. The van der Waals surface area contributed by atoms with Crippen molar-refractivity contribution in [2.24, 2.45) is 0 Å². The zero-order valence-electron chi connectivity index (χ0n) is 12.8. The number of rotatable bonds is 5. The minimum absolute atomic E-state index is 0.0911. The predicted octanol–water partition coefficient (Wildman–Crippen LogP) is 5.45. The molecule has 4 nitrogen and oxygen atoms in total. The van der Waals surface area contributed by atoms with Gasteiger partial charge in [-0.2, -0.15) is 0 Å². The summed E-state index contributed by atoms with van der Waals surface area (Å²) in [5, 5.41) is 4.84. The predicted molar refractivity (Wildman–Crippen MR) is 99.7 cm³/mol. The highest BCUT2D eigenvalue weighted by atomic mass is 35.5. The first-order valence-corrected chi connectivity index (χ1v) is 8.90. The van der Waals surface area contributed by atoms with Crippen LogP contribution in [0.25, 0.3) is 10.2 Å². The smallest absolute Gasteiger partial charge is 0.310 e. The van der Waals surface area contributed by atoms with Crippen LogP contribution in [0.5, 0.6) is 0 Å². The van der Waals surface area contributed by atoms with Gasteiger partial charge in [-0.1, -0.05) is 46.7 Å². The first kappa shape index (κ1) is 17.0. The van der Waals surface area contributed by atoms with Crippen LogP contribution in [-0.4, -0.2) is 17.6 Å². The third kappa shape index (κ3) is 3.80. The lowest BCUT2D eigenvalue weighted by atomic mass is 10.1. The molecule has 3 aromatic rings. The third-order valence-corrected chi connectivity index (χ3v) is 4.93. The second kappa shape index (κ2) is 7.38. The van der Waals surface area contributed by atoms with E-state index >= 15 is 0 Å². The standard InChI is InChI=1S/C17H14Cl2N2O2S/c1-2-23-16(22)8-10-7-12(19)14(9-11(10)18)21-17-20-13-5-3-4-6-15(13)24-17/h3-7,9H,2,8H2,1H3,(H,20,21). The average molecular weight is 381 g/mol. The number of carbonyl (C=O) groups is 1. The first-order chi connectivity index (χ1) is 11.6. The molecule has 1 aromatic heterocycles. The van der Waals surface area contributed by atoms with Crippen LogP contribution in [0, 0.1) is 0 Å². The van der Waals surface area contributed by atoms with Crippen molar-refractivity contribution in [1.82, 2.24) is 4.98 Å². The molecule has 3 rings (SSSR count). The number of thiazole rings is 1. The maximum absolute atomic E-state index is 11.6. The van der Waals surface area contributed by atoms with Crippen LogP contribution in [0.1, 0.15) is 12.5 Å². The van der Waals surface area contributed by atoms with E-state index in [2.05, 4.69) is 10.3 Å². The number of benzene rings is 2. The van der Waals surface area contributed by atoms with Crippen LogP contribution in [-0.2, 0) is 16.0 Å². The number of fused-ring (bicyclic) bond motifs is 1. The Bertz CT molecular complexity index is 862. The van der Waals surface area contributed by atoms with Gasteiger partial charge in [0.15, 0.2) is 5.13 Å². The Balaban J connectivity index is 1.83. The van der Waals surface area contributed by atoms with Gasteiger partial charge in [-0.15, -0.1) is 0 Å². The third-order valence-electron chi connectivity index (χ3n) is 3.31. The molecule has 0 amide bonds. The van der Waals surface area contributed by atoms with Gasteiger partial charge in [-0.25, -0.2) is 4.98 Å². The van der Waals surface area contributed by atoms with Crippen LogP contribution in [0.15, 0.2) is 36.4 Å². The van der Waals surface area contributed by atoms with Crippen molar-refractivity contribution in [2.45, 2.75) is 13.3 Å². The Morgan fingerprint density at radius 1 is 1.25 bits per heavy atom. The van der Waals surface area contributed by atoms with E-state index in [4.69, 9.17) is 27.9 Å². The zero-order valence-corrected chi connectivity index (χ0v) is 15.1. The lowest BCUT2D eigenvalue weighted by Crippen LogP contribution is -2.08.